The third-order valence-corrected chi connectivity index (χ3v) is 7.30. The molecule has 198 valence electrons. The molecular weight excluding hydrogens is 516 g/mol. The number of aromatic nitrogens is 1. The summed E-state index contributed by atoms with van der Waals surface area (Å²) in [7, 11) is 3.02. The first-order chi connectivity index (χ1) is 19.0. The predicted molar refractivity (Wildman–Crippen MR) is 149 cm³/mol. The molecule has 39 heavy (non-hydrogen) atoms. The number of carbonyl (C=O) groups excluding carboxylic acids is 1. The SMILES string of the molecule is CCOC(=O)C1=C(c2ccccc2)N=c2sc(=Cc3cccc(OC)c3O)c(=O)n2[C@@H]1c1cccc(OC)c1. The molecule has 1 atom stereocenters. The van der Waals surface area contributed by atoms with Crippen LogP contribution < -0.4 is 24.4 Å². The van der Waals surface area contributed by atoms with Gasteiger partial charge in [0.1, 0.15) is 5.75 Å². The molecule has 0 saturated carbocycles. The molecule has 8 nitrogen and oxygen atoms in total. The van der Waals surface area contributed by atoms with Gasteiger partial charge in [-0.05, 0) is 36.8 Å². The summed E-state index contributed by atoms with van der Waals surface area (Å²) in [5, 5.41) is 10.6. The number of hydrogen-bond donors (Lipinski definition) is 1. The van der Waals surface area contributed by atoms with Gasteiger partial charge < -0.3 is 19.3 Å². The first kappa shape index (κ1) is 26.0. The van der Waals surface area contributed by atoms with Crippen molar-refractivity contribution in [2.45, 2.75) is 13.0 Å². The van der Waals surface area contributed by atoms with Gasteiger partial charge in [0.2, 0.25) is 0 Å². The van der Waals surface area contributed by atoms with E-state index in [1.165, 1.54) is 23.0 Å². The number of phenols is 1. The Hall–Kier alpha value is -4.63. The fraction of sp³-hybridized carbons (Fsp3) is 0.167. The van der Waals surface area contributed by atoms with Gasteiger partial charge in [-0.3, -0.25) is 9.36 Å². The number of hydrogen-bond acceptors (Lipinski definition) is 8. The lowest BCUT2D eigenvalue weighted by Crippen LogP contribution is -2.40. The molecule has 0 bridgehead atoms. The van der Waals surface area contributed by atoms with Crippen molar-refractivity contribution < 1.29 is 24.1 Å². The van der Waals surface area contributed by atoms with E-state index in [9.17, 15) is 14.7 Å². The lowest BCUT2D eigenvalue weighted by atomic mass is 9.93. The van der Waals surface area contributed by atoms with Crippen molar-refractivity contribution in [1.29, 1.82) is 0 Å². The van der Waals surface area contributed by atoms with Gasteiger partial charge >= 0.3 is 5.97 Å². The van der Waals surface area contributed by atoms with Crippen LogP contribution >= 0.6 is 11.3 Å². The lowest BCUT2D eigenvalue weighted by Gasteiger charge is -2.26. The van der Waals surface area contributed by atoms with Crippen LogP contribution in [-0.2, 0) is 9.53 Å². The Morgan fingerprint density at radius 3 is 2.54 bits per heavy atom. The minimum atomic E-state index is -0.827. The van der Waals surface area contributed by atoms with E-state index in [1.54, 1.807) is 50.4 Å². The van der Waals surface area contributed by atoms with Crippen molar-refractivity contribution in [1.82, 2.24) is 4.57 Å². The number of nitrogens with zero attached hydrogens (tertiary/aromatic N) is 2. The molecule has 9 heteroatoms. The predicted octanol–water partition coefficient (Wildman–Crippen LogP) is 3.66. The molecule has 0 spiro atoms. The average molecular weight is 543 g/mol. The lowest BCUT2D eigenvalue weighted by molar-refractivity contribution is -0.138. The van der Waals surface area contributed by atoms with Gasteiger partial charge in [0.15, 0.2) is 16.3 Å². The fourth-order valence-corrected chi connectivity index (χ4v) is 5.52. The van der Waals surface area contributed by atoms with Crippen molar-refractivity contribution in [2.24, 2.45) is 4.99 Å². The smallest absolute Gasteiger partial charge is 0.338 e. The zero-order valence-corrected chi connectivity index (χ0v) is 22.4. The van der Waals surface area contributed by atoms with Crippen molar-refractivity contribution in [3.63, 3.8) is 0 Å². The minimum absolute atomic E-state index is 0.0765. The number of thiazole rings is 1. The Balaban J connectivity index is 1.84. The highest BCUT2D eigenvalue weighted by Gasteiger charge is 2.35. The van der Waals surface area contributed by atoms with Crippen LogP contribution in [0.25, 0.3) is 11.8 Å². The number of para-hydroxylation sites is 1. The maximum atomic E-state index is 14.0. The molecule has 1 aliphatic heterocycles. The second kappa shape index (κ2) is 11.0. The monoisotopic (exact) mass is 542 g/mol. The normalized spacial score (nSPS) is 14.9. The fourth-order valence-electron chi connectivity index (χ4n) is 4.53. The molecular formula is C30H26N2O6S. The Labute approximate surface area is 228 Å². The summed E-state index contributed by atoms with van der Waals surface area (Å²) in [5.74, 6) is 0.235. The molecule has 0 fully saturated rings. The van der Waals surface area contributed by atoms with Crippen LogP contribution in [0.15, 0.2) is 88.2 Å². The molecule has 1 aromatic heterocycles. The van der Waals surface area contributed by atoms with Gasteiger partial charge in [0, 0.05) is 11.1 Å². The van der Waals surface area contributed by atoms with Gasteiger partial charge in [0.05, 0.1) is 42.7 Å². The number of ether oxygens (including phenoxy) is 3. The molecule has 0 saturated heterocycles. The second-order valence-electron chi connectivity index (χ2n) is 8.61. The minimum Gasteiger partial charge on any atom is -0.504 e. The van der Waals surface area contributed by atoms with Gasteiger partial charge in [-0.15, -0.1) is 0 Å². The van der Waals surface area contributed by atoms with Gasteiger partial charge in [-0.2, -0.15) is 0 Å². The largest absolute Gasteiger partial charge is 0.504 e. The Morgan fingerprint density at radius 1 is 1.05 bits per heavy atom. The van der Waals surface area contributed by atoms with Crippen molar-refractivity contribution in [3.8, 4) is 17.2 Å². The molecule has 1 N–H and O–H groups in total. The highest BCUT2D eigenvalue weighted by molar-refractivity contribution is 7.07. The number of carbonyl (C=O) groups is 1. The Kier molecular flexibility index (Phi) is 7.33. The van der Waals surface area contributed by atoms with E-state index >= 15 is 0 Å². The molecule has 1 aliphatic rings. The van der Waals surface area contributed by atoms with E-state index in [0.717, 1.165) is 5.56 Å². The topological polar surface area (TPSA) is 99.4 Å². The maximum absolute atomic E-state index is 14.0. The molecule has 3 aromatic carbocycles. The third kappa shape index (κ3) is 4.84. The first-order valence-electron chi connectivity index (χ1n) is 12.2. The molecule has 0 aliphatic carbocycles. The van der Waals surface area contributed by atoms with Crippen LogP contribution in [0.2, 0.25) is 0 Å². The van der Waals surface area contributed by atoms with E-state index < -0.39 is 12.0 Å². The summed E-state index contributed by atoms with van der Waals surface area (Å²) in [6.07, 6.45) is 1.60. The van der Waals surface area contributed by atoms with Gasteiger partial charge in [-0.25, -0.2) is 9.79 Å². The number of methoxy groups -OCH3 is 2. The number of rotatable bonds is 7. The molecule has 0 unspecified atom stereocenters. The Bertz CT molecular complexity index is 1750. The number of aromatic hydroxyl groups is 1. The molecule has 0 radical (unpaired) electrons. The second-order valence-corrected chi connectivity index (χ2v) is 9.62. The van der Waals surface area contributed by atoms with E-state index in [1.807, 2.05) is 42.5 Å². The van der Waals surface area contributed by atoms with Crippen LogP contribution in [0.3, 0.4) is 0 Å². The standard InChI is InChI=1S/C30H26N2O6S/c1-4-38-29(35)24-25(18-10-6-5-7-11-18)31-30-32(26(24)19-12-8-14-21(16-19)36-2)28(34)23(39-30)17-20-13-9-15-22(37-3)27(20)33/h5-17,26,33H,4H2,1-3H3/t26-/m1/s1. The summed E-state index contributed by atoms with van der Waals surface area (Å²) in [5.41, 5.74) is 2.13. The number of esters is 1. The zero-order chi connectivity index (χ0) is 27.5. The Morgan fingerprint density at radius 2 is 1.82 bits per heavy atom. The quantitative estimate of drug-likeness (QED) is 0.358. The van der Waals surface area contributed by atoms with Crippen molar-refractivity contribution in [3.05, 3.63) is 115 Å². The number of fused-ring (bicyclic) bond motifs is 1. The summed E-state index contributed by atoms with van der Waals surface area (Å²) in [6, 6.07) is 20.8. The van der Waals surface area contributed by atoms with Crippen LogP contribution in [0.4, 0.5) is 0 Å². The van der Waals surface area contributed by atoms with E-state index in [0.29, 0.717) is 37.7 Å². The van der Waals surface area contributed by atoms with Crippen molar-refractivity contribution in [2.75, 3.05) is 20.8 Å². The van der Waals surface area contributed by atoms with Gasteiger partial charge in [0.25, 0.3) is 5.56 Å². The maximum Gasteiger partial charge on any atom is 0.338 e. The summed E-state index contributed by atoms with van der Waals surface area (Å²) in [4.78, 5) is 32.7. The summed E-state index contributed by atoms with van der Waals surface area (Å²) < 4.78 is 18.0. The molecule has 4 aromatic rings. The first-order valence-corrected chi connectivity index (χ1v) is 13.1. The summed E-state index contributed by atoms with van der Waals surface area (Å²) >= 11 is 1.17. The number of phenolic OH excluding ortho intramolecular Hbond substituents is 1. The molecule has 0 amide bonds. The van der Waals surface area contributed by atoms with Gasteiger partial charge in [-0.1, -0.05) is 65.9 Å². The highest BCUT2D eigenvalue weighted by Crippen LogP contribution is 2.36. The van der Waals surface area contributed by atoms with Crippen LogP contribution in [0.1, 0.15) is 29.7 Å². The van der Waals surface area contributed by atoms with E-state index in [-0.39, 0.29) is 23.5 Å². The summed E-state index contributed by atoms with van der Waals surface area (Å²) in [6.45, 7) is 1.89. The highest BCUT2D eigenvalue weighted by atomic mass is 32.1. The van der Waals surface area contributed by atoms with Crippen LogP contribution in [0.5, 0.6) is 17.2 Å². The van der Waals surface area contributed by atoms with Crippen LogP contribution in [0, 0.1) is 0 Å². The zero-order valence-electron chi connectivity index (χ0n) is 21.6. The van der Waals surface area contributed by atoms with E-state index in [4.69, 9.17) is 19.2 Å². The van der Waals surface area contributed by atoms with Crippen LogP contribution in [-0.4, -0.2) is 36.5 Å². The molecule has 2 heterocycles. The van der Waals surface area contributed by atoms with Crippen molar-refractivity contribution >= 4 is 29.1 Å². The third-order valence-electron chi connectivity index (χ3n) is 6.32. The number of benzene rings is 3. The van der Waals surface area contributed by atoms with E-state index in [2.05, 4.69) is 0 Å². The molecule has 5 rings (SSSR count). The average Bonchev–Trinajstić information content (AvgIpc) is 3.28.